The number of hydrogen-bond donors (Lipinski definition) is 2. The highest BCUT2D eigenvalue weighted by Crippen LogP contribution is 2.48. The van der Waals surface area contributed by atoms with E-state index < -0.39 is 0 Å². The first-order valence-corrected chi connectivity index (χ1v) is 9.99. The molecule has 0 amide bonds. The Bertz CT molecular complexity index is 556. The number of hydrogen-bond acceptors (Lipinski definition) is 3. The Morgan fingerprint density at radius 1 is 1.33 bits per heavy atom. The van der Waals surface area contributed by atoms with Crippen LogP contribution in [-0.2, 0) is 11.3 Å². The quantitative estimate of drug-likeness (QED) is 0.406. The van der Waals surface area contributed by atoms with Crippen molar-refractivity contribution in [1.82, 2.24) is 10.6 Å². The van der Waals surface area contributed by atoms with Gasteiger partial charge in [0.25, 0.3) is 0 Å². The molecule has 0 spiro atoms. The van der Waals surface area contributed by atoms with E-state index in [0.717, 1.165) is 32.1 Å². The fraction of sp³-hybridized carbons (Fsp3) is 0.632. The molecule has 2 N–H and O–H groups in total. The lowest BCUT2D eigenvalue weighted by Gasteiger charge is -2.18. The number of aliphatic imine (C=N–C) groups is 1. The third-order valence-electron chi connectivity index (χ3n) is 4.62. The number of guanidine groups is 1. The summed E-state index contributed by atoms with van der Waals surface area (Å²) >= 11 is 1.79. The molecule has 1 fully saturated rings. The Morgan fingerprint density at radius 2 is 2.12 bits per heavy atom. The zero-order chi connectivity index (χ0) is 17.4. The average molecular weight is 350 g/mol. The second-order valence-electron chi connectivity index (χ2n) is 6.61. The molecule has 0 heterocycles. The van der Waals surface area contributed by atoms with E-state index in [2.05, 4.69) is 48.9 Å². The van der Waals surface area contributed by atoms with Crippen LogP contribution in [0.4, 0.5) is 0 Å². The van der Waals surface area contributed by atoms with Gasteiger partial charge in [0.05, 0.1) is 6.54 Å². The minimum absolute atomic E-state index is 0.417. The summed E-state index contributed by atoms with van der Waals surface area (Å²) in [5.74, 6) is 0.911. The molecule has 0 aliphatic heterocycles. The van der Waals surface area contributed by atoms with Crippen LogP contribution in [0.2, 0.25) is 0 Å². The largest absolute Gasteiger partial charge is 0.385 e. The maximum Gasteiger partial charge on any atom is 0.191 e. The van der Waals surface area contributed by atoms with E-state index in [-0.39, 0.29) is 0 Å². The summed E-state index contributed by atoms with van der Waals surface area (Å²) in [5.41, 5.74) is 3.00. The Labute approximate surface area is 150 Å². The second kappa shape index (κ2) is 9.33. The fourth-order valence-corrected chi connectivity index (χ4v) is 3.47. The zero-order valence-corrected chi connectivity index (χ0v) is 16.3. The van der Waals surface area contributed by atoms with Crippen molar-refractivity contribution < 1.29 is 4.74 Å². The average Bonchev–Trinajstić information content (AvgIpc) is 3.36. The molecular formula is C19H31N3OS. The molecule has 0 aromatic heterocycles. The van der Waals surface area contributed by atoms with Crippen molar-refractivity contribution in [1.29, 1.82) is 0 Å². The van der Waals surface area contributed by atoms with E-state index in [1.165, 1.54) is 28.9 Å². The number of nitrogens with one attached hydrogen (secondary N) is 2. The molecule has 4 nitrogen and oxygen atoms in total. The van der Waals surface area contributed by atoms with Crippen molar-refractivity contribution in [2.45, 2.75) is 44.6 Å². The monoisotopic (exact) mass is 349 g/mol. The van der Waals surface area contributed by atoms with E-state index in [4.69, 9.17) is 9.73 Å². The topological polar surface area (TPSA) is 45.7 Å². The maximum absolute atomic E-state index is 5.24. The molecule has 1 aromatic carbocycles. The number of nitrogens with zero attached hydrogens (tertiary/aromatic N) is 1. The molecule has 2 rings (SSSR count). The smallest absolute Gasteiger partial charge is 0.191 e. The van der Waals surface area contributed by atoms with Crippen LogP contribution in [-0.4, -0.2) is 39.0 Å². The van der Waals surface area contributed by atoms with Gasteiger partial charge in [0, 0.05) is 31.7 Å². The van der Waals surface area contributed by atoms with Crippen LogP contribution in [0.1, 0.15) is 37.3 Å². The summed E-state index contributed by atoms with van der Waals surface area (Å²) in [6, 6.07) is 6.59. The SMILES string of the molecule is CCNC(=NCc1ccc(C)cc1SC)NCC1(CCOC)CC1. The molecule has 0 atom stereocenters. The van der Waals surface area contributed by atoms with Gasteiger partial charge in [0.1, 0.15) is 0 Å². The number of benzene rings is 1. The Hall–Kier alpha value is -1.20. The Balaban J connectivity index is 1.96. The van der Waals surface area contributed by atoms with Gasteiger partial charge in [0.2, 0.25) is 0 Å². The molecule has 0 radical (unpaired) electrons. The van der Waals surface area contributed by atoms with Gasteiger partial charge in [-0.1, -0.05) is 12.1 Å². The third-order valence-corrected chi connectivity index (χ3v) is 5.44. The van der Waals surface area contributed by atoms with E-state index >= 15 is 0 Å². The summed E-state index contributed by atoms with van der Waals surface area (Å²) in [7, 11) is 1.78. The van der Waals surface area contributed by atoms with Crippen LogP contribution in [0.5, 0.6) is 0 Å². The minimum atomic E-state index is 0.417. The van der Waals surface area contributed by atoms with Gasteiger partial charge in [-0.05, 0) is 62.0 Å². The first-order valence-electron chi connectivity index (χ1n) is 8.77. The van der Waals surface area contributed by atoms with Crippen LogP contribution in [0.3, 0.4) is 0 Å². The summed E-state index contributed by atoms with van der Waals surface area (Å²) < 4.78 is 5.24. The first kappa shape index (κ1) is 19.1. The molecule has 24 heavy (non-hydrogen) atoms. The van der Waals surface area contributed by atoms with Crippen molar-refractivity contribution in [3.8, 4) is 0 Å². The number of rotatable bonds is 9. The van der Waals surface area contributed by atoms with Crippen molar-refractivity contribution in [2.75, 3.05) is 33.1 Å². The highest BCUT2D eigenvalue weighted by molar-refractivity contribution is 7.98. The third kappa shape index (κ3) is 5.71. The van der Waals surface area contributed by atoms with Crippen LogP contribution in [0, 0.1) is 12.3 Å². The molecule has 1 saturated carbocycles. The molecular weight excluding hydrogens is 318 g/mol. The number of thioether (sulfide) groups is 1. The van der Waals surface area contributed by atoms with Crippen LogP contribution in [0.15, 0.2) is 28.1 Å². The van der Waals surface area contributed by atoms with Gasteiger partial charge in [-0.15, -0.1) is 11.8 Å². The first-order chi connectivity index (χ1) is 11.6. The minimum Gasteiger partial charge on any atom is -0.385 e. The van der Waals surface area contributed by atoms with Gasteiger partial charge in [-0.2, -0.15) is 0 Å². The molecule has 0 bridgehead atoms. The van der Waals surface area contributed by atoms with E-state index in [0.29, 0.717) is 12.0 Å². The number of aryl methyl sites for hydroxylation is 1. The summed E-state index contributed by atoms with van der Waals surface area (Å²) in [6.45, 7) is 7.64. The maximum atomic E-state index is 5.24. The zero-order valence-electron chi connectivity index (χ0n) is 15.4. The van der Waals surface area contributed by atoms with Crippen LogP contribution < -0.4 is 10.6 Å². The molecule has 1 aliphatic carbocycles. The lowest BCUT2D eigenvalue weighted by molar-refractivity contribution is 0.172. The highest BCUT2D eigenvalue weighted by Gasteiger charge is 2.41. The fourth-order valence-electron chi connectivity index (χ4n) is 2.77. The van der Waals surface area contributed by atoms with E-state index in [1.54, 1.807) is 18.9 Å². The van der Waals surface area contributed by atoms with Crippen molar-refractivity contribution >= 4 is 17.7 Å². The predicted octanol–water partition coefficient (Wildman–Crippen LogP) is 3.59. The standard InChI is InChI=1S/C19H31N3OS/c1-5-20-18(22-14-19(8-9-19)10-11-23-3)21-13-16-7-6-15(2)12-17(16)24-4/h6-7,12H,5,8-11,13-14H2,1-4H3,(H2,20,21,22). The lowest BCUT2D eigenvalue weighted by Crippen LogP contribution is -2.40. The van der Waals surface area contributed by atoms with E-state index in [1.807, 2.05) is 0 Å². The molecule has 1 aromatic rings. The molecule has 1 aliphatic rings. The van der Waals surface area contributed by atoms with Gasteiger partial charge in [-0.3, -0.25) is 0 Å². The lowest BCUT2D eigenvalue weighted by atomic mass is 10.0. The van der Waals surface area contributed by atoms with Crippen LogP contribution >= 0.6 is 11.8 Å². The summed E-state index contributed by atoms with van der Waals surface area (Å²) in [5, 5.41) is 6.89. The van der Waals surface area contributed by atoms with Crippen LogP contribution in [0.25, 0.3) is 0 Å². The molecule has 5 heteroatoms. The summed E-state index contributed by atoms with van der Waals surface area (Å²) in [4.78, 5) is 6.10. The van der Waals surface area contributed by atoms with Crippen molar-refractivity contribution in [3.63, 3.8) is 0 Å². The van der Waals surface area contributed by atoms with Gasteiger partial charge in [-0.25, -0.2) is 4.99 Å². The van der Waals surface area contributed by atoms with E-state index in [9.17, 15) is 0 Å². The van der Waals surface area contributed by atoms with Gasteiger partial charge < -0.3 is 15.4 Å². The Kier molecular flexibility index (Phi) is 7.43. The Morgan fingerprint density at radius 3 is 2.75 bits per heavy atom. The molecule has 0 unspecified atom stereocenters. The number of methoxy groups -OCH3 is 1. The normalized spacial score (nSPS) is 16.1. The number of ether oxygens (including phenoxy) is 1. The van der Waals surface area contributed by atoms with Gasteiger partial charge in [0.15, 0.2) is 5.96 Å². The highest BCUT2D eigenvalue weighted by atomic mass is 32.2. The molecule has 0 saturated heterocycles. The van der Waals surface area contributed by atoms with Crippen molar-refractivity contribution in [3.05, 3.63) is 29.3 Å². The predicted molar refractivity (Wildman–Crippen MR) is 104 cm³/mol. The summed E-state index contributed by atoms with van der Waals surface area (Å²) in [6.07, 6.45) is 5.83. The second-order valence-corrected chi connectivity index (χ2v) is 7.45. The molecule has 134 valence electrons. The van der Waals surface area contributed by atoms with Gasteiger partial charge >= 0.3 is 0 Å². The van der Waals surface area contributed by atoms with Crippen molar-refractivity contribution in [2.24, 2.45) is 10.4 Å².